The van der Waals surface area contributed by atoms with Gasteiger partial charge in [0.25, 0.3) is 0 Å². The molecule has 0 spiro atoms. The first-order valence-corrected chi connectivity index (χ1v) is 27.4. The normalized spacial score (nSPS) is 12.3. The van der Waals surface area contributed by atoms with E-state index in [0.717, 1.165) is 50.6 Å². The second kappa shape index (κ2) is 29.8. The molecule has 0 aliphatic heterocycles. The fourth-order valence-corrected chi connectivity index (χ4v) is 10.4. The number of benzene rings is 3. The molecule has 0 bridgehead atoms. The third-order valence-electron chi connectivity index (χ3n) is 12.1. The second-order valence-corrected chi connectivity index (χ2v) is 20.8. The molecule has 0 fully saturated rings. The fourth-order valence-electron chi connectivity index (χ4n) is 8.28. The van der Waals surface area contributed by atoms with Gasteiger partial charge in [-0.15, -0.1) is 34.0 Å². The number of nitrogens with two attached hydrogens (primary N) is 3. The summed E-state index contributed by atoms with van der Waals surface area (Å²) in [5.41, 5.74) is 21.6. The van der Waals surface area contributed by atoms with Crippen LogP contribution in [0.15, 0.2) is 125 Å². The molecule has 6 amide bonds. The van der Waals surface area contributed by atoms with Crippen LogP contribution >= 0.6 is 34.0 Å². The van der Waals surface area contributed by atoms with Crippen LogP contribution in [0.1, 0.15) is 95.0 Å². The predicted octanol–water partition coefficient (Wildman–Crippen LogP) is 7.44. The molecule has 6 aromatic rings. The van der Waals surface area contributed by atoms with E-state index < -0.39 is 18.1 Å². The molecule has 3 heterocycles. The Hall–Kier alpha value is -6.54. The van der Waals surface area contributed by atoms with E-state index in [1.54, 1.807) is 0 Å². The number of amides is 6. The van der Waals surface area contributed by atoms with Gasteiger partial charge in [-0.1, -0.05) is 54.6 Å². The lowest BCUT2D eigenvalue weighted by atomic mass is 9.85. The lowest BCUT2D eigenvalue weighted by Crippen LogP contribution is -2.44. The number of rotatable bonds is 30. The first kappa shape index (κ1) is 55.8. The molecule has 3 atom stereocenters. The smallest absolute Gasteiger partial charge is 0.246 e. The quantitative estimate of drug-likeness (QED) is 0.0160. The lowest BCUT2D eigenvalue weighted by Gasteiger charge is -2.22. The molecule has 0 saturated heterocycles. The summed E-state index contributed by atoms with van der Waals surface area (Å²) < 4.78 is 0. The standard InChI is InChI=1S/C55H67N9O6S3/c56-28-4-1-13-46(62-49(65)34-43-10-7-31-71-43)53(68)59-40-22-16-37(17-23-40)52(38-18-24-41(25-19-38)60-54(69)47(14-2-5-29-57)63-50(66)35-44-11-8-32-72-44)39-20-26-42(27-21-39)61-55(70)48(15-3-6-30-58)64-51(67)36-45-12-9-33-73-45/h7-12,16-27,31-33,46-48,52H,1-6,13-15,28-30,34-36,56-58H2,(H,59,68)(H,60,69)(H,61,70)(H,62,65)(H,63,66)(H,64,67)/t46-,47-,48-/m1/s1. The van der Waals surface area contributed by atoms with Crippen molar-refractivity contribution in [3.63, 3.8) is 0 Å². The van der Waals surface area contributed by atoms with E-state index in [1.807, 2.05) is 125 Å². The van der Waals surface area contributed by atoms with Crippen molar-refractivity contribution in [2.75, 3.05) is 35.6 Å². The maximum absolute atomic E-state index is 13.7. The minimum absolute atomic E-state index is 0.184. The van der Waals surface area contributed by atoms with Crippen molar-refractivity contribution in [2.24, 2.45) is 17.2 Å². The molecule has 0 saturated carbocycles. The fraction of sp³-hybridized carbons (Fsp3) is 0.345. The van der Waals surface area contributed by atoms with Gasteiger partial charge in [0.05, 0.1) is 19.3 Å². The van der Waals surface area contributed by atoms with Crippen LogP contribution in [0.3, 0.4) is 0 Å². The Morgan fingerprint density at radius 1 is 0.384 bits per heavy atom. The molecule has 15 nitrogen and oxygen atoms in total. The van der Waals surface area contributed by atoms with Gasteiger partial charge in [0.15, 0.2) is 0 Å². The van der Waals surface area contributed by atoms with Crippen LogP contribution in [-0.2, 0) is 48.0 Å². The summed E-state index contributed by atoms with van der Waals surface area (Å²) in [6, 6.07) is 31.6. The van der Waals surface area contributed by atoms with Gasteiger partial charge in [0.2, 0.25) is 35.4 Å². The predicted molar refractivity (Wildman–Crippen MR) is 295 cm³/mol. The number of thiophene rings is 3. The summed E-state index contributed by atoms with van der Waals surface area (Å²) in [7, 11) is 0. The van der Waals surface area contributed by atoms with Gasteiger partial charge >= 0.3 is 0 Å². The zero-order chi connectivity index (χ0) is 51.8. The zero-order valence-electron chi connectivity index (χ0n) is 40.9. The van der Waals surface area contributed by atoms with Crippen molar-refractivity contribution < 1.29 is 28.8 Å². The maximum atomic E-state index is 13.7. The van der Waals surface area contributed by atoms with Crippen molar-refractivity contribution in [2.45, 2.75) is 101 Å². The number of carbonyl (C=O) groups is 6. The Balaban J connectivity index is 1.21. The van der Waals surface area contributed by atoms with Crippen molar-refractivity contribution in [3.05, 3.63) is 157 Å². The number of anilines is 3. The first-order valence-electron chi connectivity index (χ1n) is 24.8. The van der Waals surface area contributed by atoms with Crippen molar-refractivity contribution >= 4 is 86.5 Å². The van der Waals surface area contributed by atoms with E-state index in [9.17, 15) is 28.8 Å². The molecule has 0 radical (unpaired) electrons. The van der Waals surface area contributed by atoms with Gasteiger partial charge in [0.1, 0.15) is 18.1 Å². The van der Waals surface area contributed by atoms with Gasteiger partial charge in [-0.3, -0.25) is 28.8 Å². The third-order valence-corrected chi connectivity index (χ3v) is 14.7. The Labute approximate surface area is 439 Å². The van der Waals surface area contributed by atoms with Gasteiger partial charge in [0, 0.05) is 37.6 Å². The van der Waals surface area contributed by atoms with Crippen LogP contribution in [0.5, 0.6) is 0 Å². The highest BCUT2D eigenvalue weighted by Crippen LogP contribution is 2.34. The number of carbonyl (C=O) groups excluding carboxylic acids is 6. The van der Waals surface area contributed by atoms with Crippen LogP contribution in [0.2, 0.25) is 0 Å². The highest BCUT2D eigenvalue weighted by Gasteiger charge is 2.25. The van der Waals surface area contributed by atoms with Crippen LogP contribution in [0.4, 0.5) is 17.1 Å². The molecule has 18 heteroatoms. The average molecular weight is 1050 g/mol. The maximum Gasteiger partial charge on any atom is 0.246 e. The van der Waals surface area contributed by atoms with Crippen LogP contribution in [-0.4, -0.2) is 73.2 Å². The number of nitrogens with one attached hydrogen (secondary N) is 6. The molecule has 0 aliphatic rings. The molecule has 12 N–H and O–H groups in total. The van der Waals surface area contributed by atoms with Crippen molar-refractivity contribution in [3.8, 4) is 0 Å². The summed E-state index contributed by atoms with van der Waals surface area (Å²) >= 11 is 4.46. The van der Waals surface area contributed by atoms with Crippen LogP contribution in [0, 0.1) is 0 Å². The SMILES string of the molecule is NCCCC[C@@H](NC(=O)Cc1cccs1)C(=O)Nc1ccc(C(c2ccc(NC(=O)[C@@H](CCCCN)NC(=O)Cc3cccs3)cc2)c2ccc(NC(=O)[C@@H](CCCCN)NC(=O)Cc3cccs3)cc2)cc1. The van der Waals surface area contributed by atoms with E-state index in [4.69, 9.17) is 17.2 Å². The number of hydrogen-bond acceptors (Lipinski definition) is 12. The monoisotopic (exact) mass is 1050 g/mol. The van der Waals surface area contributed by atoms with Crippen LogP contribution in [0.25, 0.3) is 0 Å². The molecule has 0 unspecified atom stereocenters. The molecule has 73 heavy (non-hydrogen) atoms. The summed E-state index contributed by atoms with van der Waals surface area (Å²) in [5, 5.41) is 23.5. The van der Waals surface area contributed by atoms with E-state index in [-0.39, 0.29) is 60.6 Å². The minimum atomic E-state index is -0.753. The summed E-state index contributed by atoms with van der Waals surface area (Å²) in [6.07, 6.45) is 6.02. The molecule has 386 valence electrons. The first-order chi connectivity index (χ1) is 35.5. The Morgan fingerprint density at radius 2 is 0.658 bits per heavy atom. The van der Waals surface area contributed by atoms with E-state index in [0.29, 0.717) is 75.2 Å². The van der Waals surface area contributed by atoms with E-state index in [1.165, 1.54) is 34.0 Å². The van der Waals surface area contributed by atoms with Gasteiger partial charge < -0.3 is 49.1 Å². The van der Waals surface area contributed by atoms with E-state index in [2.05, 4.69) is 31.9 Å². The summed E-state index contributed by atoms with van der Waals surface area (Å²) in [4.78, 5) is 82.8. The Bertz CT molecular complexity index is 2340. The van der Waals surface area contributed by atoms with Gasteiger partial charge in [-0.25, -0.2) is 0 Å². The number of unbranched alkanes of at least 4 members (excludes halogenated alkanes) is 3. The number of hydrogen-bond donors (Lipinski definition) is 9. The minimum Gasteiger partial charge on any atom is -0.344 e. The van der Waals surface area contributed by atoms with Gasteiger partial charge in [-0.05, 0) is 165 Å². The average Bonchev–Trinajstić information content (AvgIpc) is 4.21. The summed E-state index contributed by atoms with van der Waals surface area (Å²) in [5.74, 6) is -2.04. The van der Waals surface area contributed by atoms with E-state index >= 15 is 0 Å². The van der Waals surface area contributed by atoms with Gasteiger partial charge in [-0.2, -0.15) is 0 Å². The third kappa shape index (κ3) is 18.5. The summed E-state index contributed by atoms with van der Waals surface area (Å²) in [6.45, 7) is 1.44. The molecular weight excluding hydrogens is 979 g/mol. The van der Waals surface area contributed by atoms with Crippen LogP contribution < -0.4 is 49.1 Å². The Morgan fingerprint density at radius 3 is 0.890 bits per heavy atom. The van der Waals surface area contributed by atoms with Crippen molar-refractivity contribution in [1.29, 1.82) is 0 Å². The molecule has 3 aromatic carbocycles. The largest absolute Gasteiger partial charge is 0.344 e. The molecule has 0 aliphatic carbocycles. The lowest BCUT2D eigenvalue weighted by molar-refractivity contribution is -0.126. The highest BCUT2D eigenvalue weighted by molar-refractivity contribution is 7.10. The zero-order valence-corrected chi connectivity index (χ0v) is 43.4. The highest BCUT2D eigenvalue weighted by atomic mass is 32.1. The Kier molecular flexibility index (Phi) is 22.8. The topological polar surface area (TPSA) is 253 Å². The second-order valence-electron chi connectivity index (χ2n) is 17.7. The molecule has 6 rings (SSSR count). The van der Waals surface area contributed by atoms with Crippen molar-refractivity contribution in [1.82, 2.24) is 16.0 Å². The molecule has 3 aromatic heterocycles. The molecular formula is C55H67N9O6S3.